The minimum atomic E-state index is -0.848. The normalized spacial score (nSPS) is 15.1. The van der Waals surface area contributed by atoms with Crippen LogP contribution >= 0.6 is 23.4 Å². The summed E-state index contributed by atoms with van der Waals surface area (Å²) in [6.07, 6.45) is 1.21. The van der Waals surface area contributed by atoms with Crippen LogP contribution in [0.3, 0.4) is 0 Å². The Labute approximate surface area is 163 Å². The van der Waals surface area contributed by atoms with E-state index in [1.807, 2.05) is 0 Å². The number of ether oxygens (including phenoxy) is 2. The first-order valence-corrected chi connectivity index (χ1v) is 9.12. The highest BCUT2D eigenvalue weighted by Crippen LogP contribution is 2.28. The molecular weight excluding hydrogens is 400 g/mol. The number of hydrogen-bond donors (Lipinski definition) is 0. The quantitative estimate of drug-likeness (QED) is 0.289. The Morgan fingerprint density at radius 2 is 2.15 bits per heavy atom. The van der Waals surface area contributed by atoms with Gasteiger partial charge in [-0.15, -0.1) is 0 Å². The Balaban J connectivity index is 1.99. The summed E-state index contributed by atoms with van der Waals surface area (Å²) in [6.45, 7) is 1.72. The molecule has 144 valence electrons. The minimum Gasteiger partial charge on any atom is -0.463 e. The predicted octanol–water partition coefficient (Wildman–Crippen LogP) is 2.38. The molecule has 0 aliphatic carbocycles. The van der Waals surface area contributed by atoms with E-state index < -0.39 is 16.9 Å². The molecule has 1 saturated heterocycles. The van der Waals surface area contributed by atoms with Gasteiger partial charge in [0.2, 0.25) is 5.91 Å². The van der Waals surface area contributed by atoms with E-state index in [-0.39, 0.29) is 47.7 Å². The number of hydrogen-bond acceptors (Lipinski definition) is 8. The average molecular weight is 415 g/mol. The summed E-state index contributed by atoms with van der Waals surface area (Å²) < 4.78 is 9.87. The molecule has 1 aromatic rings. The largest absolute Gasteiger partial charge is 0.463 e. The van der Waals surface area contributed by atoms with E-state index >= 15 is 0 Å². The Hall–Kier alpha value is -2.59. The molecule has 0 radical (unpaired) electrons. The first kappa shape index (κ1) is 20.7. The van der Waals surface area contributed by atoms with Crippen LogP contribution in [0, 0.1) is 10.1 Å². The minimum absolute atomic E-state index is 0.0151. The second-order valence-electron chi connectivity index (χ2n) is 5.13. The number of nitro groups is 1. The van der Waals surface area contributed by atoms with E-state index in [1.165, 1.54) is 34.9 Å². The van der Waals surface area contributed by atoms with Gasteiger partial charge in [0, 0.05) is 12.1 Å². The van der Waals surface area contributed by atoms with Crippen molar-refractivity contribution >= 4 is 46.9 Å². The molecule has 1 fully saturated rings. The predicted molar refractivity (Wildman–Crippen MR) is 97.3 cm³/mol. The lowest BCUT2D eigenvalue weighted by Crippen LogP contribution is -2.29. The lowest BCUT2D eigenvalue weighted by Gasteiger charge is -2.17. The third kappa shape index (κ3) is 5.44. The van der Waals surface area contributed by atoms with Crippen molar-refractivity contribution in [3.63, 3.8) is 0 Å². The van der Waals surface area contributed by atoms with Crippen molar-refractivity contribution in [2.45, 2.75) is 6.92 Å². The molecule has 0 saturated carbocycles. The molecule has 0 aromatic heterocycles. The van der Waals surface area contributed by atoms with Crippen LogP contribution in [0.1, 0.15) is 17.3 Å². The number of rotatable bonds is 7. The fourth-order valence-corrected chi connectivity index (χ4v) is 3.29. The highest BCUT2D eigenvalue weighted by molar-refractivity contribution is 8.04. The number of carbonyl (C=O) groups excluding carboxylic acids is 3. The van der Waals surface area contributed by atoms with Gasteiger partial charge in [-0.25, -0.2) is 9.59 Å². The summed E-state index contributed by atoms with van der Waals surface area (Å²) in [7, 11) is 0. The van der Waals surface area contributed by atoms with Gasteiger partial charge in [0.05, 0.1) is 45.5 Å². The summed E-state index contributed by atoms with van der Waals surface area (Å²) in [5.41, 5.74) is -0.438. The van der Waals surface area contributed by atoms with Gasteiger partial charge in [-0.3, -0.25) is 14.9 Å². The molecule has 0 unspecified atom stereocenters. The molecule has 1 aromatic carbocycles. The zero-order chi connectivity index (χ0) is 20.0. The highest BCUT2D eigenvalue weighted by atomic mass is 35.5. The molecule has 1 heterocycles. The number of amides is 1. The number of nitro benzene ring substituents is 1. The van der Waals surface area contributed by atoms with Crippen LogP contribution < -0.4 is 0 Å². The summed E-state index contributed by atoms with van der Waals surface area (Å²) in [6, 6.07) is 3.43. The zero-order valence-corrected chi connectivity index (χ0v) is 15.7. The molecule has 11 heteroatoms. The topological polar surface area (TPSA) is 116 Å². The molecule has 0 N–H and O–H groups in total. The molecule has 2 rings (SSSR count). The van der Waals surface area contributed by atoms with Crippen LogP contribution in [0.15, 0.2) is 29.3 Å². The van der Waals surface area contributed by atoms with Gasteiger partial charge in [0.1, 0.15) is 6.61 Å². The molecule has 0 bridgehead atoms. The number of halogens is 1. The number of esters is 2. The van der Waals surface area contributed by atoms with E-state index in [2.05, 4.69) is 0 Å². The van der Waals surface area contributed by atoms with Gasteiger partial charge in [0.25, 0.3) is 5.69 Å². The van der Waals surface area contributed by atoms with Crippen molar-refractivity contribution in [2.24, 2.45) is 0 Å². The molecule has 27 heavy (non-hydrogen) atoms. The molecule has 9 nitrogen and oxygen atoms in total. The van der Waals surface area contributed by atoms with Crippen molar-refractivity contribution in [2.75, 3.05) is 25.5 Å². The van der Waals surface area contributed by atoms with Gasteiger partial charge in [-0.2, -0.15) is 0 Å². The van der Waals surface area contributed by atoms with Crippen molar-refractivity contribution in [3.05, 3.63) is 50.0 Å². The maximum absolute atomic E-state index is 12.1. The third-order valence-electron chi connectivity index (χ3n) is 3.37. The van der Waals surface area contributed by atoms with Gasteiger partial charge < -0.3 is 14.4 Å². The van der Waals surface area contributed by atoms with Crippen molar-refractivity contribution in [3.8, 4) is 0 Å². The van der Waals surface area contributed by atoms with E-state index in [1.54, 1.807) is 6.92 Å². The highest BCUT2D eigenvalue weighted by Gasteiger charge is 2.27. The number of carbonyl (C=O) groups is 3. The second-order valence-corrected chi connectivity index (χ2v) is 6.53. The van der Waals surface area contributed by atoms with Crippen LogP contribution in [0.4, 0.5) is 5.69 Å². The second kappa shape index (κ2) is 9.38. The Bertz CT molecular complexity index is 812. The van der Waals surface area contributed by atoms with E-state index in [9.17, 15) is 24.5 Å². The van der Waals surface area contributed by atoms with Crippen molar-refractivity contribution < 1.29 is 28.8 Å². The van der Waals surface area contributed by atoms with E-state index in [0.717, 1.165) is 6.07 Å². The van der Waals surface area contributed by atoms with Crippen LogP contribution in [-0.2, 0) is 19.1 Å². The van der Waals surface area contributed by atoms with Gasteiger partial charge in [0.15, 0.2) is 0 Å². The lowest BCUT2D eigenvalue weighted by molar-refractivity contribution is -0.384. The number of benzene rings is 1. The Morgan fingerprint density at radius 3 is 2.81 bits per heavy atom. The van der Waals surface area contributed by atoms with Crippen LogP contribution in [-0.4, -0.2) is 53.2 Å². The van der Waals surface area contributed by atoms with Crippen LogP contribution in [0.25, 0.3) is 0 Å². The number of thioether (sulfide) groups is 1. The zero-order valence-electron chi connectivity index (χ0n) is 14.2. The molecule has 0 atom stereocenters. The molecule has 1 aliphatic rings. The monoisotopic (exact) mass is 414 g/mol. The first-order valence-electron chi connectivity index (χ1n) is 7.76. The van der Waals surface area contributed by atoms with Crippen molar-refractivity contribution in [1.82, 2.24) is 4.90 Å². The molecule has 1 amide bonds. The maximum atomic E-state index is 12.1. The average Bonchev–Trinajstić information content (AvgIpc) is 2.95. The molecular formula is C16H15ClN2O7S. The Morgan fingerprint density at radius 1 is 1.41 bits per heavy atom. The first-order chi connectivity index (χ1) is 12.8. The SMILES string of the molecule is CCOC(=O)/C=C1\SCC(=O)N1CCOC(=O)c1cc([N+](=O)[O-])ccc1Cl. The lowest BCUT2D eigenvalue weighted by atomic mass is 10.2. The fraction of sp³-hybridized carbons (Fsp3) is 0.312. The van der Waals surface area contributed by atoms with E-state index in [0.29, 0.717) is 5.03 Å². The maximum Gasteiger partial charge on any atom is 0.339 e. The van der Waals surface area contributed by atoms with Crippen LogP contribution in [0.5, 0.6) is 0 Å². The van der Waals surface area contributed by atoms with Gasteiger partial charge in [-0.05, 0) is 13.0 Å². The fourth-order valence-electron chi connectivity index (χ4n) is 2.14. The molecule has 0 spiro atoms. The summed E-state index contributed by atoms with van der Waals surface area (Å²) in [5.74, 6) is -1.49. The van der Waals surface area contributed by atoms with Crippen LogP contribution in [0.2, 0.25) is 5.02 Å². The molecule has 1 aliphatic heterocycles. The standard InChI is InChI=1S/C16H15ClN2O7S/c1-2-25-15(21)8-14-18(13(20)9-27-14)5-6-26-16(22)11-7-10(19(23)24)3-4-12(11)17/h3-4,7-8H,2,5-6,9H2,1H3/b14-8-. The Kier molecular flexibility index (Phi) is 7.19. The summed E-state index contributed by atoms with van der Waals surface area (Å²) in [4.78, 5) is 47.0. The third-order valence-corrected chi connectivity index (χ3v) is 4.72. The number of non-ortho nitro benzene ring substituents is 1. The van der Waals surface area contributed by atoms with Gasteiger partial charge >= 0.3 is 11.9 Å². The van der Waals surface area contributed by atoms with Crippen molar-refractivity contribution in [1.29, 1.82) is 0 Å². The summed E-state index contributed by atoms with van der Waals surface area (Å²) >= 11 is 7.06. The number of nitrogens with zero attached hydrogens (tertiary/aromatic N) is 2. The smallest absolute Gasteiger partial charge is 0.339 e. The summed E-state index contributed by atoms with van der Waals surface area (Å²) in [5, 5.41) is 11.2. The van der Waals surface area contributed by atoms with E-state index in [4.69, 9.17) is 21.1 Å². The van der Waals surface area contributed by atoms with Gasteiger partial charge in [-0.1, -0.05) is 23.4 Å².